The van der Waals surface area contributed by atoms with E-state index in [-0.39, 0.29) is 30.2 Å². The highest BCUT2D eigenvalue weighted by atomic mass is 19.3. The summed E-state index contributed by atoms with van der Waals surface area (Å²) in [5.74, 6) is -3.36. The highest BCUT2D eigenvalue weighted by Gasteiger charge is 2.40. The van der Waals surface area contributed by atoms with E-state index in [0.29, 0.717) is 5.52 Å². The van der Waals surface area contributed by atoms with Gasteiger partial charge in [-0.15, -0.1) is 5.10 Å². The molecule has 1 aliphatic rings. The van der Waals surface area contributed by atoms with Crippen LogP contribution in [0.1, 0.15) is 41.9 Å². The van der Waals surface area contributed by atoms with E-state index < -0.39 is 42.5 Å². The first-order valence-corrected chi connectivity index (χ1v) is 9.51. The van der Waals surface area contributed by atoms with Gasteiger partial charge < -0.3 is 16.4 Å². The molecule has 1 fully saturated rings. The number of nitrogens with two attached hydrogens (primary N) is 1. The van der Waals surface area contributed by atoms with Gasteiger partial charge in [-0.05, 0) is 18.6 Å². The van der Waals surface area contributed by atoms with E-state index in [9.17, 15) is 22.4 Å². The largest absolute Gasteiger partial charge is 0.349 e. The third-order valence-electron chi connectivity index (χ3n) is 5.13. The molecule has 0 spiro atoms. The van der Waals surface area contributed by atoms with Crippen LogP contribution in [0.2, 0.25) is 0 Å². The fourth-order valence-corrected chi connectivity index (χ4v) is 3.60. The number of aromatic nitrogens is 5. The lowest BCUT2D eigenvalue weighted by atomic mass is 9.88. The van der Waals surface area contributed by atoms with Gasteiger partial charge in [-0.1, -0.05) is 0 Å². The molecule has 0 aliphatic heterocycles. The lowest BCUT2D eigenvalue weighted by Crippen LogP contribution is -2.49. The van der Waals surface area contributed by atoms with Gasteiger partial charge in [0, 0.05) is 38.2 Å². The minimum absolute atomic E-state index is 0.0731. The number of carbonyl (C=O) groups is 1. The molecule has 13 heteroatoms. The SMILES string of the molecule is Cn1cc(NC(=O)c2ccc3cnc(N[C@H]4CCC(F)(F)C[C@H]4N)nn23)c(C(F)F)n1. The summed E-state index contributed by atoms with van der Waals surface area (Å²) in [6.45, 7) is 0. The number of hydrogen-bond acceptors (Lipinski definition) is 6. The lowest BCUT2D eigenvalue weighted by Gasteiger charge is -2.34. The van der Waals surface area contributed by atoms with Gasteiger partial charge in [-0.2, -0.15) is 5.10 Å². The van der Waals surface area contributed by atoms with Gasteiger partial charge in [0.15, 0.2) is 5.69 Å². The maximum absolute atomic E-state index is 13.5. The third kappa shape index (κ3) is 4.31. The number of hydrogen-bond donors (Lipinski definition) is 3. The lowest BCUT2D eigenvalue weighted by molar-refractivity contribution is -0.0423. The number of carbonyl (C=O) groups excluding carboxylic acids is 1. The summed E-state index contributed by atoms with van der Waals surface area (Å²) >= 11 is 0. The maximum Gasteiger partial charge on any atom is 0.284 e. The summed E-state index contributed by atoms with van der Waals surface area (Å²) in [5.41, 5.74) is 5.76. The summed E-state index contributed by atoms with van der Waals surface area (Å²) in [4.78, 5) is 16.8. The van der Waals surface area contributed by atoms with E-state index in [4.69, 9.17) is 5.73 Å². The second-order valence-corrected chi connectivity index (χ2v) is 7.51. The first-order valence-electron chi connectivity index (χ1n) is 9.51. The Hall–Kier alpha value is -3.22. The standard InChI is InChI=1S/C18H20F4N8O/c1-29-8-12(14(27-29)15(19)20)25-16(31)13-3-2-9-7-24-17(28-30(9)13)26-11-4-5-18(21,22)6-10(11)23/h2-3,7-8,10-11,15H,4-6,23H2,1H3,(H,25,31)(H,26,28)/t10-,11+/m1/s1. The molecular weight excluding hydrogens is 420 g/mol. The topological polar surface area (TPSA) is 115 Å². The molecule has 3 heterocycles. The molecule has 2 atom stereocenters. The molecule has 0 saturated heterocycles. The second kappa shape index (κ2) is 7.80. The monoisotopic (exact) mass is 440 g/mol. The molecule has 0 radical (unpaired) electrons. The predicted octanol–water partition coefficient (Wildman–Crippen LogP) is 2.58. The fourth-order valence-electron chi connectivity index (χ4n) is 3.60. The Labute approximate surface area is 173 Å². The van der Waals surface area contributed by atoms with E-state index in [2.05, 4.69) is 25.8 Å². The van der Waals surface area contributed by atoms with E-state index in [0.717, 1.165) is 0 Å². The van der Waals surface area contributed by atoms with Crippen molar-refractivity contribution in [3.63, 3.8) is 0 Å². The predicted molar refractivity (Wildman–Crippen MR) is 103 cm³/mol. The van der Waals surface area contributed by atoms with Crippen LogP contribution < -0.4 is 16.4 Å². The molecule has 0 bridgehead atoms. The Morgan fingerprint density at radius 3 is 2.81 bits per heavy atom. The second-order valence-electron chi connectivity index (χ2n) is 7.51. The van der Waals surface area contributed by atoms with Crippen molar-refractivity contribution in [2.45, 2.75) is 43.7 Å². The quantitative estimate of drug-likeness (QED) is 0.526. The Morgan fingerprint density at radius 1 is 1.32 bits per heavy atom. The number of amides is 1. The van der Waals surface area contributed by atoms with E-state index in [1.165, 1.54) is 34.7 Å². The Balaban J connectivity index is 1.55. The van der Waals surface area contributed by atoms with Crippen LogP contribution in [-0.2, 0) is 7.05 Å². The normalized spacial score (nSPS) is 20.9. The van der Waals surface area contributed by atoms with Gasteiger partial charge >= 0.3 is 0 Å². The van der Waals surface area contributed by atoms with Crippen molar-refractivity contribution < 1.29 is 22.4 Å². The molecule has 0 unspecified atom stereocenters. The van der Waals surface area contributed by atoms with Crippen LogP contribution in [0.4, 0.5) is 29.2 Å². The zero-order valence-corrected chi connectivity index (χ0v) is 16.4. The molecule has 1 aliphatic carbocycles. The molecule has 166 valence electrons. The number of alkyl halides is 4. The number of nitrogens with one attached hydrogen (secondary N) is 2. The van der Waals surface area contributed by atoms with Crippen LogP contribution in [0.25, 0.3) is 5.52 Å². The van der Waals surface area contributed by atoms with E-state index in [1.54, 1.807) is 6.07 Å². The highest BCUT2D eigenvalue weighted by Crippen LogP contribution is 2.33. The van der Waals surface area contributed by atoms with Gasteiger partial charge in [0.25, 0.3) is 12.3 Å². The Bertz CT molecular complexity index is 1110. The minimum Gasteiger partial charge on any atom is -0.349 e. The summed E-state index contributed by atoms with van der Waals surface area (Å²) in [6, 6.07) is 1.82. The van der Waals surface area contributed by atoms with Crippen LogP contribution in [0.15, 0.2) is 24.5 Å². The number of rotatable bonds is 5. The summed E-state index contributed by atoms with van der Waals surface area (Å²) in [7, 11) is 1.46. The third-order valence-corrected chi connectivity index (χ3v) is 5.13. The first-order chi connectivity index (χ1) is 14.6. The summed E-state index contributed by atoms with van der Waals surface area (Å²) in [5, 5.41) is 13.3. The van der Waals surface area contributed by atoms with Crippen molar-refractivity contribution in [1.82, 2.24) is 24.4 Å². The Kier molecular flexibility index (Phi) is 5.29. The molecule has 4 rings (SSSR count). The number of fused-ring (bicyclic) bond motifs is 1. The average Bonchev–Trinajstić information content (AvgIpc) is 3.26. The molecule has 4 N–H and O–H groups in total. The highest BCUT2D eigenvalue weighted by molar-refractivity contribution is 6.04. The van der Waals surface area contributed by atoms with Crippen molar-refractivity contribution in [1.29, 1.82) is 0 Å². The molecule has 0 aromatic carbocycles. The molecule has 1 amide bonds. The molecule has 1 saturated carbocycles. The van der Waals surface area contributed by atoms with Gasteiger partial charge in [0.1, 0.15) is 5.69 Å². The molecule has 9 nitrogen and oxygen atoms in total. The number of nitrogens with zero attached hydrogens (tertiary/aromatic N) is 5. The number of aryl methyl sites for hydroxylation is 1. The van der Waals surface area contributed by atoms with Gasteiger partial charge in [-0.25, -0.2) is 27.1 Å². The average molecular weight is 440 g/mol. The van der Waals surface area contributed by atoms with Crippen molar-refractivity contribution in [3.05, 3.63) is 35.9 Å². The van der Waals surface area contributed by atoms with Crippen LogP contribution in [0.5, 0.6) is 0 Å². The van der Waals surface area contributed by atoms with Gasteiger partial charge in [0.2, 0.25) is 11.9 Å². The summed E-state index contributed by atoms with van der Waals surface area (Å²) in [6.07, 6.45) is -0.727. The zero-order chi connectivity index (χ0) is 22.3. The number of anilines is 2. The van der Waals surface area contributed by atoms with Crippen LogP contribution in [-0.4, -0.2) is 48.3 Å². The van der Waals surface area contributed by atoms with Gasteiger partial charge in [0.05, 0.1) is 17.4 Å². The van der Waals surface area contributed by atoms with Crippen LogP contribution >= 0.6 is 0 Å². The van der Waals surface area contributed by atoms with Crippen molar-refractivity contribution in [3.8, 4) is 0 Å². The van der Waals surface area contributed by atoms with Gasteiger partial charge in [-0.3, -0.25) is 9.48 Å². The van der Waals surface area contributed by atoms with Crippen LogP contribution in [0.3, 0.4) is 0 Å². The number of halogens is 4. The molecular formula is C18H20F4N8O. The fraction of sp³-hybridized carbons (Fsp3) is 0.444. The van der Waals surface area contributed by atoms with Crippen LogP contribution in [0, 0.1) is 0 Å². The van der Waals surface area contributed by atoms with E-state index in [1.807, 2.05) is 0 Å². The van der Waals surface area contributed by atoms with Crippen molar-refractivity contribution >= 4 is 23.1 Å². The summed E-state index contributed by atoms with van der Waals surface area (Å²) < 4.78 is 55.7. The van der Waals surface area contributed by atoms with Crippen molar-refractivity contribution in [2.24, 2.45) is 12.8 Å². The minimum atomic E-state index is -2.86. The molecule has 31 heavy (non-hydrogen) atoms. The molecule has 3 aromatic rings. The van der Waals surface area contributed by atoms with Crippen molar-refractivity contribution in [2.75, 3.05) is 10.6 Å². The molecule has 3 aromatic heterocycles. The Morgan fingerprint density at radius 2 is 2.10 bits per heavy atom. The first kappa shape index (κ1) is 21.0. The van der Waals surface area contributed by atoms with E-state index >= 15 is 0 Å². The maximum atomic E-state index is 13.5. The smallest absolute Gasteiger partial charge is 0.284 e. The zero-order valence-electron chi connectivity index (χ0n) is 16.4.